The molecular formula is C17H25NO. The van der Waals surface area contributed by atoms with Gasteiger partial charge in [-0.2, -0.15) is 0 Å². The molecular weight excluding hydrogens is 234 g/mol. The number of nitrogens with one attached hydrogen (secondary N) is 1. The Morgan fingerprint density at radius 1 is 1.00 bits per heavy atom. The van der Waals surface area contributed by atoms with Gasteiger partial charge >= 0.3 is 0 Å². The molecule has 2 heteroatoms. The predicted molar refractivity (Wildman–Crippen MR) is 78.2 cm³/mol. The van der Waals surface area contributed by atoms with E-state index in [2.05, 4.69) is 29.6 Å². The zero-order valence-electron chi connectivity index (χ0n) is 11.7. The normalized spacial score (nSPS) is 18.7. The van der Waals surface area contributed by atoms with Crippen LogP contribution in [0.1, 0.15) is 43.2 Å². The fraction of sp³-hybridized carbons (Fsp3) is 0.647. The third kappa shape index (κ3) is 4.96. The fourth-order valence-corrected chi connectivity index (χ4v) is 2.36. The average molecular weight is 259 g/mol. The molecule has 0 heterocycles. The van der Waals surface area contributed by atoms with Crippen molar-refractivity contribution >= 4 is 0 Å². The zero-order chi connectivity index (χ0) is 12.9. The first-order valence-corrected chi connectivity index (χ1v) is 7.79. The molecule has 1 N–H and O–H groups in total. The Bertz CT molecular complexity index is 379. The van der Waals surface area contributed by atoms with E-state index in [-0.39, 0.29) is 0 Å². The number of benzene rings is 1. The van der Waals surface area contributed by atoms with Crippen molar-refractivity contribution in [2.24, 2.45) is 5.92 Å². The maximum Gasteiger partial charge on any atom is 0.0716 e. The van der Waals surface area contributed by atoms with Crippen molar-refractivity contribution in [3.05, 3.63) is 35.4 Å². The highest BCUT2D eigenvalue weighted by atomic mass is 16.5. The number of ether oxygens (including phenoxy) is 1. The van der Waals surface area contributed by atoms with Gasteiger partial charge in [0.15, 0.2) is 0 Å². The first-order chi connectivity index (χ1) is 9.40. The summed E-state index contributed by atoms with van der Waals surface area (Å²) in [6, 6.07) is 9.73. The second kappa shape index (κ2) is 6.53. The molecule has 104 valence electrons. The highest BCUT2D eigenvalue weighted by molar-refractivity contribution is 5.22. The lowest BCUT2D eigenvalue weighted by atomic mass is 10.1. The van der Waals surface area contributed by atoms with Gasteiger partial charge in [0, 0.05) is 12.6 Å². The van der Waals surface area contributed by atoms with Crippen LogP contribution in [-0.2, 0) is 17.8 Å². The molecule has 0 aromatic heterocycles. The van der Waals surface area contributed by atoms with Crippen LogP contribution in [0.15, 0.2) is 24.3 Å². The quantitative estimate of drug-likeness (QED) is 0.687. The molecule has 2 aliphatic carbocycles. The van der Waals surface area contributed by atoms with Gasteiger partial charge < -0.3 is 10.1 Å². The summed E-state index contributed by atoms with van der Waals surface area (Å²) < 4.78 is 5.72. The van der Waals surface area contributed by atoms with Gasteiger partial charge in [0.2, 0.25) is 0 Å². The summed E-state index contributed by atoms with van der Waals surface area (Å²) in [7, 11) is 0. The maximum atomic E-state index is 5.72. The molecule has 3 rings (SSSR count). The second-order valence-electron chi connectivity index (χ2n) is 6.08. The van der Waals surface area contributed by atoms with E-state index in [4.69, 9.17) is 4.74 Å². The maximum absolute atomic E-state index is 5.72. The minimum absolute atomic E-state index is 0.771. The van der Waals surface area contributed by atoms with Crippen molar-refractivity contribution < 1.29 is 4.74 Å². The minimum Gasteiger partial charge on any atom is -0.377 e. The smallest absolute Gasteiger partial charge is 0.0716 e. The molecule has 2 fully saturated rings. The molecule has 1 aromatic carbocycles. The van der Waals surface area contributed by atoms with Crippen LogP contribution < -0.4 is 5.32 Å². The van der Waals surface area contributed by atoms with E-state index in [9.17, 15) is 0 Å². The number of hydrogen-bond donors (Lipinski definition) is 1. The zero-order valence-corrected chi connectivity index (χ0v) is 11.7. The van der Waals surface area contributed by atoms with Crippen molar-refractivity contribution in [1.29, 1.82) is 0 Å². The molecule has 0 atom stereocenters. The SMILES string of the molecule is c1cc(COCCC2CC2)ccc1CCNC1CC1. The molecule has 0 amide bonds. The van der Waals surface area contributed by atoms with Crippen LogP contribution in [0.5, 0.6) is 0 Å². The van der Waals surface area contributed by atoms with E-state index in [0.717, 1.165) is 38.1 Å². The van der Waals surface area contributed by atoms with Gasteiger partial charge in [0.25, 0.3) is 0 Å². The lowest BCUT2D eigenvalue weighted by molar-refractivity contribution is 0.115. The monoisotopic (exact) mass is 259 g/mol. The van der Waals surface area contributed by atoms with Gasteiger partial charge in [-0.05, 0) is 49.3 Å². The standard InChI is InChI=1S/C17H25NO/c1-2-15(1)10-12-19-13-16-5-3-14(4-6-16)9-11-18-17-7-8-17/h3-6,15,17-18H,1-2,7-13H2. The van der Waals surface area contributed by atoms with Crippen LogP contribution in [0, 0.1) is 5.92 Å². The molecule has 2 aliphatic rings. The van der Waals surface area contributed by atoms with Crippen LogP contribution in [0.4, 0.5) is 0 Å². The van der Waals surface area contributed by atoms with Crippen LogP contribution >= 0.6 is 0 Å². The lowest BCUT2D eigenvalue weighted by Crippen LogP contribution is -2.19. The Morgan fingerprint density at radius 3 is 2.42 bits per heavy atom. The summed E-state index contributed by atoms with van der Waals surface area (Å²) in [4.78, 5) is 0. The van der Waals surface area contributed by atoms with Gasteiger partial charge in [0.1, 0.15) is 0 Å². The van der Waals surface area contributed by atoms with Gasteiger partial charge in [-0.25, -0.2) is 0 Å². The lowest BCUT2D eigenvalue weighted by Gasteiger charge is -2.06. The molecule has 19 heavy (non-hydrogen) atoms. The first kappa shape index (κ1) is 13.1. The molecule has 0 unspecified atom stereocenters. The summed E-state index contributed by atoms with van der Waals surface area (Å²) >= 11 is 0. The van der Waals surface area contributed by atoms with Crippen molar-refractivity contribution in [2.45, 2.75) is 51.2 Å². The Labute approximate surface area is 116 Å². The third-order valence-corrected chi connectivity index (χ3v) is 4.08. The molecule has 1 aromatic rings. The average Bonchev–Trinajstić information content (AvgIpc) is 3.31. The van der Waals surface area contributed by atoms with Crippen LogP contribution in [0.2, 0.25) is 0 Å². The Balaban J connectivity index is 1.32. The van der Waals surface area contributed by atoms with Gasteiger partial charge in [0.05, 0.1) is 6.61 Å². The van der Waals surface area contributed by atoms with E-state index >= 15 is 0 Å². The molecule has 2 nitrogen and oxygen atoms in total. The second-order valence-corrected chi connectivity index (χ2v) is 6.08. The van der Waals surface area contributed by atoms with E-state index in [0.29, 0.717) is 0 Å². The Morgan fingerprint density at radius 2 is 1.74 bits per heavy atom. The van der Waals surface area contributed by atoms with Crippen LogP contribution in [0.3, 0.4) is 0 Å². The molecule has 0 spiro atoms. The van der Waals surface area contributed by atoms with E-state index in [1.165, 1.54) is 43.2 Å². The Kier molecular flexibility index (Phi) is 4.52. The third-order valence-electron chi connectivity index (χ3n) is 4.08. The summed E-state index contributed by atoms with van der Waals surface area (Å²) in [6.45, 7) is 2.81. The largest absolute Gasteiger partial charge is 0.377 e. The van der Waals surface area contributed by atoms with E-state index in [1.54, 1.807) is 0 Å². The van der Waals surface area contributed by atoms with Gasteiger partial charge in [-0.1, -0.05) is 37.1 Å². The summed E-state index contributed by atoms with van der Waals surface area (Å²) in [5.41, 5.74) is 2.73. The van der Waals surface area contributed by atoms with Gasteiger partial charge in [-0.15, -0.1) is 0 Å². The number of hydrogen-bond acceptors (Lipinski definition) is 2. The molecule has 0 aliphatic heterocycles. The van der Waals surface area contributed by atoms with Crippen molar-refractivity contribution in [2.75, 3.05) is 13.2 Å². The summed E-state index contributed by atoms with van der Waals surface area (Å²) in [6.07, 6.45) is 7.98. The van der Waals surface area contributed by atoms with Gasteiger partial charge in [-0.3, -0.25) is 0 Å². The number of rotatable bonds is 9. The first-order valence-electron chi connectivity index (χ1n) is 7.79. The van der Waals surface area contributed by atoms with Crippen LogP contribution in [0.25, 0.3) is 0 Å². The highest BCUT2D eigenvalue weighted by Crippen LogP contribution is 2.32. The molecule has 0 radical (unpaired) electrons. The molecule has 2 saturated carbocycles. The van der Waals surface area contributed by atoms with Crippen molar-refractivity contribution in [3.63, 3.8) is 0 Å². The topological polar surface area (TPSA) is 21.3 Å². The highest BCUT2D eigenvalue weighted by Gasteiger charge is 2.20. The van der Waals surface area contributed by atoms with Crippen LogP contribution in [-0.4, -0.2) is 19.2 Å². The minimum atomic E-state index is 0.771. The summed E-state index contributed by atoms with van der Waals surface area (Å²) in [5.74, 6) is 0.973. The van der Waals surface area contributed by atoms with E-state index < -0.39 is 0 Å². The van der Waals surface area contributed by atoms with Crippen molar-refractivity contribution in [3.8, 4) is 0 Å². The van der Waals surface area contributed by atoms with Crippen molar-refractivity contribution in [1.82, 2.24) is 5.32 Å². The Hall–Kier alpha value is -0.860. The fourth-order valence-electron chi connectivity index (χ4n) is 2.36. The predicted octanol–water partition coefficient (Wildman–Crippen LogP) is 3.30. The molecule has 0 saturated heterocycles. The molecule has 0 bridgehead atoms. The summed E-state index contributed by atoms with van der Waals surface area (Å²) in [5, 5.41) is 3.55. The van der Waals surface area contributed by atoms with E-state index in [1.807, 2.05) is 0 Å².